The maximum Gasteiger partial charge on any atom is 0.0618 e. The lowest BCUT2D eigenvalue weighted by molar-refractivity contribution is 0.112. The number of likely N-dealkylation sites (tertiary alicyclic amines) is 1. The molecule has 0 amide bonds. The largest absolute Gasteiger partial charge is 0.383 e. The number of nitrogens with two attached hydrogens (primary N) is 1. The number of methoxy groups -OCH3 is 1. The molecule has 1 aromatic rings. The fourth-order valence-corrected chi connectivity index (χ4v) is 2.40. The van der Waals surface area contributed by atoms with Gasteiger partial charge in [-0.2, -0.15) is 0 Å². The molecule has 2 N–H and O–H groups in total. The highest BCUT2D eigenvalue weighted by Gasteiger charge is 2.29. The van der Waals surface area contributed by atoms with Crippen LogP contribution in [0, 0.1) is 0 Å². The summed E-state index contributed by atoms with van der Waals surface area (Å²) in [6.07, 6.45) is 1.04. The molecular weight excluding hydrogens is 200 g/mol. The van der Waals surface area contributed by atoms with Crippen molar-refractivity contribution >= 4 is 0 Å². The third-order valence-electron chi connectivity index (χ3n) is 3.15. The Kier molecular flexibility index (Phi) is 3.93. The number of benzene rings is 1. The van der Waals surface area contributed by atoms with Crippen molar-refractivity contribution in [2.45, 2.75) is 25.0 Å². The van der Waals surface area contributed by atoms with Crippen molar-refractivity contribution in [1.29, 1.82) is 0 Å². The highest BCUT2D eigenvalue weighted by atomic mass is 16.5. The number of ether oxygens (including phenoxy) is 1. The van der Waals surface area contributed by atoms with Gasteiger partial charge in [0.15, 0.2) is 0 Å². The van der Waals surface area contributed by atoms with Crippen LogP contribution in [0.5, 0.6) is 0 Å². The highest BCUT2D eigenvalue weighted by molar-refractivity contribution is 5.15. The van der Waals surface area contributed by atoms with E-state index in [4.69, 9.17) is 10.5 Å². The van der Waals surface area contributed by atoms with Crippen LogP contribution < -0.4 is 5.73 Å². The first-order chi connectivity index (χ1) is 7.79. The Morgan fingerprint density at radius 3 is 2.81 bits per heavy atom. The summed E-state index contributed by atoms with van der Waals surface area (Å²) in [5.74, 6) is 0. The Hall–Kier alpha value is -0.900. The predicted octanol–water partition coefficient (Wildman–Crippen LogP) is 1.23. The van der Waals surface area contributed by atoms with Gasteiger partial charge >= 0.3 is 0 Å². The fraction of sp³-hybridized carbons (Fsp3) is 0.538. The molecule has 2 rings (SSSR count). The first-order valence-electron chi connectivity index (χ1n) is 5.82. The van der Waals surface area contributed by atoms with Crippen LogP contribution in [-0.4, -0.2) is 37.2 Å². The molecular formula is C13H20N2O. The smallest absolute Gasteiger partial charge is 0.0618 e. The molecule has 2 unspecified atom stereocenters. The first-order valence-corrected chi connectivity index (χ1v) is 5.82. The highest BCUT2D eigenvalue weighted by Crippen LogP contribution is 2.19. The molecule has 1 aliphatic heterocycles. The Balaban J connectivity index is 1.97. The molecule has 3 heteroatoms. The van der Waals surface area contributed by atoms with E-state index in [1.165, 1.54) is 5.56 Å². The topological polar surface area (TPSA) is 38.5 Å². The van der Waals surface area contributed by atoms with Gasteiger partial charge in [-0.05, 0) is 12.0 Å². The second-order valence-electron chi connectivity index (χ2n) is 4.52. The number of hydrogen-bond acceptors (Lipinski definition) is 3. The minimum absolute atomic E-state index is 0.295. The third-order valence-corrected chi connectivity index (χ3v) is 3.15. The quantitative estimate of drug-likeness (QED) is 0.829. The van der Waals surface area contributed by atoms with Crippen molar-refractivity contribution in [3.05, 3.63) is 35.9 Å². The van der Waals surface area contributed by atoms with Crippen LogP contribution in [0.4, 0.5) is 0 Å². The molecule has 0 spiro atoms. The van der Waals surface area contributed by atoms with Crippen LogP contribution in [0.2, 0.25) is 0 Å². The predicted molar refractivity (Wildman–Crippen MR) is 65.1 cm³/mol. The maximum absolute atomic E-state index is 6.00. The molecule has 1 saturated heterocycles. The third kappa shape index (κ3) is 2.82. The minimum Gasteiger partial charge on any atom is -0.383 e. The fourth-order valence-electron chi connectivity index (χ4n) is 2.40. The molecule has 0 saturated carbocycles. The average Bonchev–Trinajstić information content (AvgIpc) is 2.61. The van der Waals surface area contributed by atoms with Crippen molar-refractivity contribution in [3.63, 3.8) is 0 Å². The molecule has 0 bridgehead atoms. The molecule has 0 aromatic heterocycles. The Morgan fingerprint density at radius 1 is 1.38 bits per heavy atom. The van der Waals surface area contributed by atoms with E-state index in [0.29, 0.717) is 12.1 Å². The molecule has 1 fully saturated rings. The summed E-state index contributed by atoms with van der Waals surface area (Å²) >= 11 is 0. The number of rotatable bonds is 4. The molecule has 16 heavy (non-hydrogen) atoms. The number of hydrogen-bond donors (Lipinski definition) is 1. The summed E-state index contributed by atoms with van der Waals surface area (Å²) in [5, 5.41) is 0. The van der Waals surface area contributed by atoms with Gasteiger partial charge in [-0.3, -0.25) is 4.90 Å². The molecule has 0 aliphatic carbocycles. The number of nitrogens with zero attached hydrogens (tertiary/aromatic N) is 1. The van der Waals surface area contributed by atoms with Gasteiger partial charge < -0.3 is 10.5 Å². The van der Waals surface area contributed by atoms with Gasteiger partial charge in [-0.25, -0.2) is 0 Å². The summed E-state index contributed by atoms with van der Waals surface area (Å²) < 4.78 is 5.24. The van der Waals surface area contributed by atoms with Crippen molar-refractivity contribution in [1.82, 2.24) is 4.90 Å². The van der Waals surface area contributed by atoms with E-state index < -0.39 is 0 Å². The molecule has 1 aliphatic rings. The average molecular weight is 220 g/mol. The molecule has 0 radical (unpaired) electrons. The van der Waals surface area contributed by atoms with Crippen LogP contribution in [0.15, 0.2) is 30.3 Å². The van der Waals surface area contributed by atoms with E-state index in [0.717, 1.165) is 26.1 Å². The zero-order valence-electron chi connectivity index (χ0n) is 9.80. The van der Waals surface area contributed by atoms with Crippen molar-refractivity contribution in [3.8, 4) is 0 Å². The zero-order valence-corrected chi connectivity index (χ0v) is 9.80. The van der Waals surface area contributed by atoms with Crippen LogP contribution >= 0.6 is 0 Å². The lowest BCUT2D eigenvalue weighted by Gasteiger charge is -2.23. The van der Waals surface area contributed by atoms with Crippen LogP contribution in [0.25, 0.3) is 0 Å². The van der Waals surface area contributed by atoms with Gasteiger partial charge in [0.1, 0.15) is 0 Å². The van der Waals surface area contributed by atoms with Gasteiger partial charge in [-0.1, -0.05) is 30.3 Å². The minimum atomic E-state index is 0.295. The van der Waals surface area contributed by atoms with Gasteiger partial charge in [0.25, 0.3) is 0 Å². The Labute approximate surface area is 97.2 Å². The Morgan fingerprint density at radius 2 is 2.12 bits per heavy atom. The summed E-state index contributed by atoms with van der Waals surface area (Å²) in [6, 6.07) is 11.3. The van der Waals surface area contributed by atoms with E-state index in [-0.39, 0.29) is 0 Å². The van der Waals surface area contributed by atoms with Gasteiger partial charge in [-0.15, -0.1) is 0 Å². The SMILES string of the molecule is COCC1CC(N)CN1Cc1ccccc1. The second-order valence-corrected chi connectivity index (χ2v) is 4.52. The summed E-state index contributed by atoms with van der Waals surface area (Å²) in [4.78, 5) is 2.42. The van der Waals surface area contributed by atoms with Gasteiger partial charge in [0, 0.05) is 32.3 Å². The Bertz CT molecular complexity index is 315. The molecule has 88 valence electrons. The van der Waals surface area contributed by atoms with E-state index in [1.807, 2.05) is 6.07 Å². The van der Waals surface area contributed by atoms with Crippen molar-refractivity contribution in [2.75, 3.05) is 20.3 Å². The summed E-state index contributed by atoms with van der Waals surface area (Å²) in [6.45, 7) is 2.73. The van der Waals surface area contributed by atoms with Crippen LogP contribution in [-0.2, 0) is 11.3 Å². The van der Waals surface area contributed by atoms with Crippen LogP contribution in [0.1, 0.15) is 12.0 Å². The van der Waals surface area contributed by atoms with E-state index in [2.05, 4.69) is 29.2 Å². The molecule has 1 heterocycles. The van der Waals surface area contributed by atoms with Crippen molar-refractivity contribution in [2.24, 2.45) is 5.73 Å². The lowest BCUT2D eigenvalue weighted by atomic mass is 10.2. The summed E-state index contributed by atoms with van der Waals surface area (Å²) in [5.41, 5.74) is 7.35. The molecule has 3 nitrogen and oxygen atoms in total. The van der Waals surface area contributed by atoms with Gasteiger partial charge in [0.2, 0.25) is 0 Å². The van der Waals surface area contributed by atoms with Crippen molar-refractivity contribution < 1.29 is 4.74 Å². The van der Waals surface area contributed by atoms with E-state index in [1.54, 1.807) is 7.11 Å². The maximum atomic E-state index is 6.00. The zero-order chi connectivity index (χ0) is 11.4. The second kappa shape index (κ2) is 5.43. The molecule has 1 aromatic carbocycles. The van der Waals surface area contributed by atoms with Crippen LogP contribution in [0.3, 0.4) is 0 Å². The monoisotopic (exact) mass is 220 g/mol. The summed E-state index contributed by atoms with van der Waals surface area (Å²) in [7, 11) is 1.75. The van der Waals surface area contributed by atoms with E-state index >= 15 is 0 Å². The lowest BCUT2D eigenvalue weighted by Crippen LogP contribution is -2.32. The standard InChI is InChI=1S/C13H20N2O/c1-16-10-13-7-12(14)9-15(13)8-11-5-3-2-4-6-11/h2-6,12-13H,7-10,14H2,1H3. The van der Waals surface area contributed by atoms with Gasteiger partial charge in [0.05, 0.1) is 6.61 Å². The molecule has 2 atom stereocenters. The first kappa shape index (κ1) is 11.6. The normalized spacial score (nSPS) is 26.1. The van der Waals surface area contributed by atoms with E-state index in [9.17, 15) is 0 Å².